The van der Waals surface area contributed by atoms with Crippen molar-refractivity contribution < 1.29 is 19.0 Å². The first-order valence-corrected chi connectivity index (χ1v) is 9.84. The van der Waals surface area contributed by atoms with Crippen molar-refractivity contribution in [2.75, 3.05) is 41.5 Å². The number of ether oxygens (including phenoxy) is 3. The standard InChI is InChI=1S/C21H35N3O4.HI/c1-6-28-20(25)11-9-7-8-10-14-23-21(22-2)24(3)16-17-12-13-18(26-4)15-19(17)27-5;/h12-13,15H,6-11,14,16H2,1-5H3,(H,22,23);1H. The Morgan fingerprint density at radius 2 is 1.86 bits per heavy atom. The molecule has 1 aromatic rings. The van der Waals surface area contributed by atoms with Gasteiger partial charge in [0.25, 0.3) is 0 Å². The molecule has 0 radical (unpaired) electrons. The fraction of sp³-hybridized carbons (Fsp3) is 0.619. The number of hydrogen-bond acceptors (Lipinski definition) is 5. The third-order valence-electron chi connectivity index (χ3n) is 4.37. The lowest BCUT2D eigenvalue weighted by molar-refractivity contribution is -0.143. The van der Waals surface area contributed by atoms with E-state index < -0.39 is 0 Å². The van der Waals surface area contributed by atoms with Crippen LogP contribution >= 0.6 is 24.0 Å². The smallest absolute Gasteiger partial charge is 0.305 e. The van der Waals surface area contributed by atoms with Crippen LogP contribution in [0.3, 0.4) is 0 Å². The highest BCUT2D eigenvalue weighted by Gasteiger charge is 2.11. The summed E-state index contributed by atoms with van der Waals surface area (Å²) in [5.74, 6) is 2.30. The number of methoxy groups -OCH3 is 2. The number of unbranched alkanes of at least 4 members (excludes halogenated alkanes) is 3. The molecule has 1 rings (SSSR count). The van der Waals surface area contributed by atoms with Gasteiger partial charge in [0, 0.05) is 45.2 Å². The van der Waals surface area contributed by atoms with Crippen LogP contribution in [-0.4, -0.2) is 58.3 Å². The van der Waals surface area contributed by atoms with E-state index in [9.17, 15) is 4.79 Å². The van der Waals surface area contributed by atoms with Gasteiger partial charge in [-0.05, 0) is 31.9 Å². The molecule has 1 aromatic carbocycles. The Morgan fingerprint density at radius 3 is 2.48 bits per heavy atom. The van der Waals surface area contributed by atoms with E-state index in [1.165, 1.54) is 0 Å². The molecule has 0 unspecified atom stereocenters. The first-order chi connectivity index (χ1) is 13.5. The first-order valence-electron chi connectivity index (χ1n) is 9.84. The third-order valence-corrected chi connectivity index (χ3v) is 4.37. The number of carbonyl (C=O) groups is 1. The third kappa shape index (κ3) is 10.6. The number of benzene rings is 1. The Hall–Kier alpha value is -1.71. The molecule has 0 spiro atoms. The lowest BCUT2D eigenvalue weighted by Gasteiger charge is -2.23. The van der Waals surface area contributed by atoms with Gasteiger partial charge in [0.1, 0.15) is 11.5 Å². The zero-order chi connectivity index (χ0) is 20.8. The molecular weight excluding hydrogens is 485 g/mol. The largest absolute Gasteiger partial charge is 0.497 e. The van der Waals surface area contributed by atoms with E-state index >= 15 is 0 Å². The summed E-state index contributed by atoms with van der Waals surface area (Å²) in [6.45, 7) is 3.80. The van der Waals surface area contributed by atoms with E-state index in [1.807, 2.05) is 32.2 Å². The monoisotopic (exact) mass is 521 g/mol. The summed E-state index contributed by atoms with van der Waals surface area (Å²) in [5.41, 5.74) is 1.06. The van der Waals surface area contributed by atoms with E-state index in [4.69, 9.17) is 14.2 Å². The molecule has 0 atom stereocenters. The number of hydrogen-bond donors (Lipinski definition) is 1. The molecule has 0 bridgehead atoms. The second-order valence-electron chi connectivity index (χ2n) is 6.48. The van der Waals surface area contributed by atoms with Crippen molar-refractivity contribution in [1.82, 2.24) is 10.2 Å². The zero-order valence-corrected chi connectivity index (χ0v) is 20.7. The zero-order valence-electron chi connectivity index (χ0n) is 18.3. The summed E-state index contributed by atoms with van der Waals surface area (Å²) in [6, 6.07) is 5.82. The molecule has 0 amide bonds. The highest BCUT2D eigenvalue weighted by molar-refractivity contribution is 14.0. The fourth-order valence-corrected chi connectivity index (χ4v) is 2.88. The molecule has 1 N–H and O–H groups in total. The Labute approximate surface area is 192 Å². The number of carbonyl (C=O) groups excluding carboxylic acids is 1. The molecular formula is C21H36IN3O4. The predicted molar refractivity (Wildman–Crippen MR) is 128 cm³/mol. The van der Waals surface area contributed by atoms with Gasteiger partial charge in [-0.25, -0.2) is 0 Å². The van der Waals surface area contributed by atoms with Crippen molar-refractivity contribution in [3.8, 4) is 11.5 Å². The molecule has 0 aromatic heterocycles. The van der Waals surface area contributed by atoms with Gasteiger partial charge in [-0.3, -0.25) is 9.79 Å². The molecule has 8 heteroatoms. The van der Waals surface area contributed by atoms with Crippen LogP contribution in [0.2, 0.25) is 0 Å². The van der Waals surface area contributed by atoms with E-state index in [0.717, 1.165) is 55.3 Å². The quantitative estimate of drug-likeness (QED) is 0.148. The molecule has 0 aliphatic rings. The van der Waals surface area contributed by atoms with E-state index in [1.54, 1.807) is 21.3 Å². The summed E-state index contributed by atoms with van der Waals surface area (Å²) in [5, 5.41) is 3.39. The van der Waals surface area contributed by atoms with Crippen molar-refractivity contribution >= 4 is 35.9 Å². The van der Waals surface area contributed by atoms with E-state index in [2.05, 4.69) is 15.2 Å². The summed E-state index contributed by atoms with van der Waals surface area (Å²) in [6.07, 6.45) is 4.51. The Kier molecular flexibility index (Phi) is 15.2. The highest BCUT2D eigenvalue weighted by atomic mass is 127. The van der Waals surface area contributed by atoms with Crippen molar-refractivity contribution in [2.45, 2.75) is 45.6 Å². The average Bonchev–Trinajstić information content (AvgIpc) is 2.70. The minimum absolute atomic E-state index is 0. The summed E-state index contributed by atoms with van der Waals surface area (Å²) < 4.78 is 15.7. The van der Waals surface area contributed by atoms with Crippen LogP contribution in [0.4, 0.5) is 0 Å². The van der Waals surface area contributed by atoms with Crippen molar-refractivity contribution in [3.63, 3.8) is 0 Å². The number of nitrogens with zero attached hydrogens (tertiary/aromatic N) is 2. The molecule has 29 heavy (non-hydrogen) atoms. The maximum absolute atomic E-state index is 11.3. The summed E-state index contributed by atoms with van der Waals surface area (Å²) in [7, 11) is 7.08. The topological polar surface area (TPSA) is 72.4 Å². The lowest BCUT2D eigenvalue weighted by atomic mass is 10.1. The van der Waals surface area contributed by atoms with Crippen LogP contribution < -0.4 is 14.8 Å². The van der Waals surface area contributed by atoms with Gasteiger partial charge < -0.3 is 24.4 Å². The fourth-order valence-electron chi connectivity index (χ4n) is 2.88. The Balaban J connectivity index is 0.00000784. The molecule has 7 nitrogen and oxygen atoms in total. The second-order valence-corrected chi connectivity index (χ2v) is 6.48. The van der Waals surface area contributed by atoms with Crippen LogP contribution in [0.25, 0.3) is 0 Å². The molecule has 0 saturated carbocycles. The molecule has 0 aliphatic heterocycles. The van der Waals surface area contributed by atoms with Gasteiger partial charge in [0.2, 0.25) is 0 Å². The molecule has 0 aliphatic carbocycles. The van der Waals surface area contributed by atoms with E-state index in [-0.39, 0.29) is 29.9 Å². The maximum Gasteiger partial charge on any atom is 0.305 e. The van der Waals surface area contributed by atoms with Gasteiger partial charge in [-0.2, -0.15) is 0 Å². The number of nitrogens with one attached hydrogen (secondary N) is 1. The highest BCUT2D eigenvalue weighted by Crippen LogP contribution is 2.25. The van der Waals surface area contributed by atoms with Crippen LogP contribution in [-0.2, 0) is 16.1 Å². The van der Waals surface area contributed by atoms with Gasteiger partial charge in [0.05, 0.1) is 20.8 Å². The predicted octanol–water partition coefficient (Wildman–Crippen LogP) is 3.84. The number of rotatable bonds is 12. The lowest BCUT2D eigenvalue weighted by Crippen LogP contribution is -2.38. The van der Waals surface area contributed by atoms with Gasteiger partial charge in [0.15, 0.2) is 5.96 Å². The van der Waals surface area contributed by atoms with Gasteiger partial charge in [-0.1, -0.05) is 12.8 Å². The number of aliphatic imine (C=N–C) groups is 1. The summed E-state index contributed by atoms with van der Waals surface area (Å²) in [4.78, 5) is 17.7. The number of halogens is 1. The minimum atomic E-state index is -0.100. The van der Waals surface area contributed by atoms with Gasteiger partial charge >= 0.3 is 5.97 Å². The maximum atomic E-state index is 11.3. The number of guanidine groups is 1. The molecule has 0 heterocycles. The Bertz CT molecular complexity index is 626. The number of esters is 1. The molecule has 0 fully saturated rings. The second kappa shape index (κ2) is 16.1. The summed E-state index contributed by atoms with van der Waals surface area (Å²) >= 11 is 0. The van der Waals surface area contributed by atoms with Crippen molar-refractivity contribution in [1.29, 1.82) is 0 Å². The Morgan fingerprint density at radius 1 is 1.14 bits per heavy atom. The van der Waals surface area contributed by atoms with E-state index in [0.29, 0.717) is 19.6 Å². The molecule has 166 valence electrons. The minimum Gasteiger partial charge on any atom is -0.497 e. The molecule has 0 saturated heterocycles. The van der Waals surface area contributed by atoms with Crippen LogP contribution in [0, 0.1) is 0 Å². The van der Waals surface area contributed by atoms with Crippen molar-refractivity contribution in [2.24, 2.45) is 4.99 Å². The van der Waals surface area contributed by atoms with Gasteiger partial charge in [-0.15, -0.1) is 24.0 Å². The van der Waals surface area contributed by atoms with Crippen LogP contribution in [0.5, 0.6) is 11.5 Å². The van der Waals surface area contributed by atoms with Crippen LogP contribution in [0.1, 0.15) is 44.6 Å². The SMILES string of the molecule is CCOC(=O)CCCCCCNC(=NC)N(C)Cc1ccc(OC)cc1OC.I. The van der Waals surface area contributed by atoms with Crippen LogP contribution in [0.15, 0.2) is 23.2 Å². The normalized spacial score (nSPS) is 10.7. The van der Waals surface area contributed by atoms with Crippen molar-refractivity contribution in [3.05, 3.63) is 23.8 Å². The first kappa shape index (κ1) is 27.3. The average molecular weight is 521 g/mol.